The van der Waals surface area contributed by atoms with Crippen LogP contribution in [0.25, 0.3) is 10.9 Å². The molecule has 1 fully saturated rings. The Hall–Kier alpha value is -2.87. The maximum Gasteiger partial charge on any atom is 0.407 e. The average molecular weight is 471 g/mol. The van der Waals surface area contributed by atoms with E-state index in [-0.39, 0.29) is 11.8 Å². The SMILES string of the molecule is Cn1ncc2cc(CNC(=O)[C@@H]3C[C@@H](Cc4ccc(Br)cc4)CN3C(=O)O)ccc21. The van der Waals surface area contributed by atoms with Gasteiger partial charge in [0.15, 0.2) is 0 Å². The van der Waals surface area contributed by atoms with Crippen molar-refractivity contribution in [3.63, 3.8) is 0 Å². The van der Waals surface area contributed by atoms with Crippen LogP contribution in [0.5, 0.6) is 0 Å². The quantitative estimate of drug-likeness (QED) is 0.596. The van der Waals surface area contributed by atoms with Crippen LogP contribution in [0.15, 0.2) is 53.1 Å². The molecule has 0 radical (unpaired) electrons. The van der Waals surface area contributed by atoms with Crippen LogP contribution >= 0.6 is 15.9 Å². The van der Waals surface area contributed by atoms with Crippen LogP contribution in [0.2, 0.25) is 0 Å². The normalized spacial score (nSPS) is 18.7. The predicted octanol–water partition coefficient (Wildman–Crippen LogP) is 3.56. The van der Waals surface area contributed by atoms with Gasteiger partial charge in [0.2, 0.25) is 5.91 Å². The van der Waals surface area contributed by atoms with E-state index < -0.39 is 12.1 Å². The Bertz CT molecular complexity index is 1080. The maximum atomic E-state index is 12.8. The molecule has 2 amide bonds. The zero-order valence-corrected chi connectivity index (χ0v) is 18.2. The van der Waals surface area contributed by atoms with E-state index in [0.717, 1.165) is 32.9 Å². The molecule has 1 saturated heterocycles. The monoisotopic (exact) mass is 470 g/mol. The Morgan fingerprint density at radius 2 is 1.93 bits per heavy atom. The van der Waals surface area contributed by atoms with Crippen molar-refractivity contribution < 1.29 is 14.7 Å². The van der Waals surface area contributed by atoms with Crippen molar-refractivity contribution in [2.75, 3.05) is 6.54 Å². The Balaban J connectivity index is 1.40. The van der Waals surface area contributed by atoms with Crippen molar-refractivity contribution >= 4 is 38.8 Å². The van der Waals surface area contributed by atoms with Gasteiger partial charge < -0.3 is 10.4 Å². The highest BCUT2D eigenvalue weighted by atomic mass is 79.9. The summed E-state index contributed by atoms with van der Waals surface area (Å²) >= 11 is 3.42. The summed E-state index contributed by atoms with van der Waals surface area (Å²) in [5, 5.41) is 17.7. The first-order chi connectivity index (χ1) is 14.4. The predicted molar refractivity (Wildman–Crippen MR) is 117 cm³/mol. The minimum absolute atomic E-state index is 0.116. The van der Waals surface area contributed by atoms with E-state index in [4.69, 9.17) is 0 Å². The lowest BCUT2D eigenvalue weighted by atomic mass is 9.96. The number of carbonyl (C=O) groups is 2. The molecule has 0 bridgehead atoms. The van der Waals surface area contributed by atoms with E-state index >= 15 is 0 Å². The molecule has 8 heteroatoms. The number of aromatic nitrogens is 2. The van der Waals surface area contributed by atoms with Crippen LogP contribution in [0.1, 0.15) is 17.5 Å². The fraction of sp³-hybridized carbons (Fsp3) is 0.318. The average Bonchev–Trinajstić information content (AvgIpc) is 3.32. The number of aryl methyl sites for hydroxylation is 1. The third-order valence-electron chi connectivity index (χ3n) is 5.65. The molecular formula is C22H23BrN4O3. The topological polar surface area (TPSA) is 87.5 Å². The third kappa shape index (κ3) is 4.33. The molecule has 2 aromatic carbocycles. The van der Waals surface area contributed by atoms with Crippen molar-refractivity contribution in [1.29, 1.82) is 0 Å². The van der Waals surface area contributed by atoms with Crippen molar-refractivity contribution in [2.45, 2.75) is 25.4 Å². The number of hydrogen-bond donors (Lipinski definition) is 2. The van der Waals surface area contributed by atoms with Gasteiger partial charge in [0.25, 0.3) is 0 Å². The van der Waals surface area contributed by atoms with Crippen molar-refractivity contribution in [3.8, 4) is 0 Å². The molecule has 0 unspecified atom stereocenters. The van der Waals surface area contributed by atoms with Crippen LogP contribution in [0.4, 0.5) is 4.79 Å². The summed E-state index contributed by atoms with van der Waals surface area (Å²) in [6.45, 7) is 0.718. The van der Waals surface area contributed by atoms with Crippen molar-refractivity contribution in [3.05, 3.63) is 64.3 Å². The van der Waals surface area contributed by atoms with Gasteiger partial charge in [-0.3, -0.25) is 14.4 Å². The first-order valence-corrected chi connectivity index (χ1v) is 10.6. The van der Waals surface area contributed by atoms with E-state index in [2.05, 4.69) is 26.3 Å². The molecule has 156 valence electrons. The summed E-state index contributed by atoms with van der Waals surface area (Å²) in [6, 6.07) is 13.2. The second-order valence-corrected chi connectivity index (χ2v) is 8.68. The minimum Gasteiger partial charge on any atom is -0.465 e. The second-order valence-electron chi connectivity index (χ2n) is 7.76. The number of nitrogens with zero attached hydrogens (tertiary/aromatic N) is 3. The zero-order valence-electron chi connectivity index (χ0n) is 16.6. The highest BCUT2D eigenvalue weighted by molar-refractivity contribution is 9.10. The number of halogens is 1. The highest BCUT2D eigenvalue weighted by Gasteiger charge is 2.39. The molecule has 0 saturated carbocycles. The Labute approximate surface area is 182 Å². The van der Waals surface area contributed by atoms with Crippen molar-refractivity contribution in [2.24, 2.45) is 13.0 Å². The zero-order chi connectivity index (χ0) is 21.3. The Kier molecular flexibility index (Phi) is 5.76. The third-order valence-corrected chi connectivity index (χ3v) is 6.18. The fourth-order valence-corrected chi connectivity index (χ4v) is 4.38. The summed E-state index contributed by atoms with van der Waals surface area (Å²) < 4.78 is 2.80. The van der Waals surface area contributed by atoms with Gasteiger partial charge in [0, 0.05) is 30.0 Å². The van der Waals surface area contributed by atoms with E-state index in [9.17, 15) is 14.7 Å². The van der Waals surface area contributed by atoms with Gasteiger partial charge in [-0.25, -0.2) is 4.79 Å². The van der Waals surface area contributed by atoms with Gasteiger partial charge in [0.05, 0.1) is 11.7 Å². The first kappa shape index (κ1) is 20.4. The number of hydrogen-bond acceptors (Lipinski definition) is 3. The van der Waals surface area contributed by atoms with E-state index in [1.165, 1.54) is 4.90 Å². The molecule has 0 spiro atoms. The molecule has 2 atom stereocenters. The molecule has 1 aliphatic rings. The molecular weight excluding hydrogens is 448 g/mol. The lowest BCUT2D eigenvalue weighted by molar-refractivity contribution is -0.125. The van der Waals surface area contributed by atoms with Gasteiger partial charge in [-0.2, -0.15) is 5.10 Å². The molecule has 1 aromatic heterocycles. The molecule has 3 aromatic rings. The lowest BCUT2D eigenvalue weighted by Gasteiger charge is -2.20. The standard InChI is InChI=1S/C22H23BrN4O3/c1-26-19-7-4-15(9-17(19)12-25-26)11-24-21(28)20-10-16(13-27(20)22(29)30)8-14-2-5-18(23)6-3-14/h2-7,9,12,16,20H,8,10-11,13H2,1H3,(H,24,28)(H,29,30)/t16-,20+/m1/s1. The summed E-state index contributed by atoms with van der Waals surface area (Å²) in [5.74, 6) is -0.133. The summed E-state index contributed by atoms with van der Waals surface area (Å²) in [6.07, 6.45) is 2.01. The van der Waals surface area contributed by atoms with Gasteiger partial charge >= 0.3 is 6.09 Å². The number of nitrogens with one attached hydrogen (secondary N) is 1. The largest absolute Gasteiger partial charge is 0.465 e. The molecule has 30 heavy (non-hydrogen) atoms. The van der Waals surface area contributed by atoms with E-state index in [1.54, 1.807) is 10.9 Å². The van der Waals surface area contributed by atoms with Crippen LogP contribution in [0.3, 0.4) is 0 Å². The number of carbonyl (C=O) groups excluding carboxylic acids is 1. The number of fused-ring (bicyclic) bond motifs is 1. The highest BCUT2D eigenvalue weighted by Crippen LogP contribution is 2.27. The van der Waals surface area contributed by atoms with Crippen LogP contribution in [-0.4, -0.2) is 44.4 Å². The number of carboxylic acid groups (broad SMARTS) is 1. The van der Waals surface area contributed by atoms with Crippen molar-refractivity contribution in [1.82, 2.24) is 20.0 Å². The van der Waals surface area contributed by atoms with Gasteiger partial charge in [-0.05, 0) is 54.2 Å². The van der Waals surface area contributed by atoms with Crippen LogP contribution in [0, 0.1) is 5.92 Å². The summed E-state index contributed by atoms with van der Waals surface area (Å²) in [7, 11) is 1.88. The van der Waals surface area contributed by atoms with E-state index in [1.807, 2.05) is 49.5 Å². The molecule has 4 rings (SSSR count). The summed E-state index contributed by atoms with van der Waals surface area (Å²) in [5.41, 5.74) is 3.11. The van der Waals surface area contributed by atoms with Gasteiger partial charge in [-0.15, -0.1) is 0 Å². The Morgan fingerprint density at radius 3 is 2.67 bits per heavy atom. The van der Waals surface area contributed by atoms with Crippen LogP contribution < -0.4 is 5.32 Å². The fourth-order valence-electron chi connectivity index (χ4n) is 4.11. The summed E-state index contributed by atoms with van der Waals surface area (Å²) in [4.78, 5) is 25.8. The smallest absolute Gasteiger partial charge is 0.407 e. The molecule has 2 N–H and O–H groups in total. The molecule has 2 heterocycles. The number of likely N-dealkylation sites (tertiary alicyclic amines) is 1. The number of amides is 2. The maximum absolute atomic E-state index is 12.8. The first-order valence-electron chi connectivity index (χ1n) is 9.83. The van der Waals surface area contributed by atoms with Gasteiger partial charge in [0.1, 0.15) is 6.04 Å². The lowest BCUT2D eigenvalue weighted by Crippen LogP contribution is -2.45. The van der Waals surface area contributed by atoms with Crippen LogP contribution in [-0.2, 0) is 24.8 Å². The van der Waals surface area contributed by atoms with E-state index in [0.29, 0.717) is 19.5 Å². The van der Waals surface area contributed by atoms with Gasteiger partial charge in [-0.1, -0.05) is 34.1 Å². The minimum atomic E-state index is -1.05. The molecule has 1 aliphatic heterocycles. The number of benzene rings is 2. The second kappa shape index (κ2) is 8.47. The molecule has 7 nitrogen and oxygen atoms in total. The Morgan fingerprint density at radius 1 is 1.20 bits per heavy atom. The number of rotatable bonds is 5. The molecule has 0 aliphatic carbocycles.